The number of hydrogen-bond donors (Lipinski definition) is 1. The molecular weight excluding hydrogens is 274 g/mol. The highest BCUT2D eigenvalue weighted by Crippen LogP contribution is 2.18. The molecule has 1 fully saturated rings. The van der Waals surface area contributed by atoms with E-state index in [0.717, 1.165) is 24.3 Å². The van der Waals surface area contributed by atoms with Gasteiger partial charge in [-0.25, -0.2) is 4.79 Å². The zero-order valence-electron chi connectivity index (χ0n) is 12.0. The fourth-order valence-corrected chi connectivity index (χ4v) is 3.06. The predicted octanol–water partition coefficient (Wildman–Crippen LogP) is 1.76. The lowest BCUT2D eigenvalue weighted by Gasteiger charge is -2.33. The van der Waals surface area contributed by atoms with Crippen LogP contribution < -0.4 is 5.32 Å². The number of thiophene rings is 1. The Morgan fingerprint density at radius 1 is 1.50 bits per heavy atom. The number of carbonyl (C=O) groups excluding carboxylic acids is 2. The molecular formula is C14H21N3O2S. The van der Waals surface area contributed by atoms with E-state index in [1.54, 1.807) is 35.2 Å². The summed E-state index contributed by atoms with van der Waals surface area (Å²) in [7, 11) is 3.52. The van der Waals surface area contributed by atoms with Crippen molar-refractivity contribution < 1.29 is 9.59 Å². The summed E-state index contributed by atoms with van der Waals surface area (Å²) in [6, 6.07) is 3.90. The van der Waals surface area contributed by atoms with Gasteiger partial charge < -0.3 is 15.1 Å². The van der Waals surface area contributed by atoms with E-state index >= 15 is 0 Å². The van der Waals surface area contributed by atoms with Crippen molar-refractivity contribution in [2.45, 2.75) is 19.4 Å². The van der Waals surface area contributed by atoms with Crippen molar-refractivity contribution >= 4 is 23.3 Å². The first-order valence-corrected chi connectivity index (χ1v) is 7.72. The number of piperidine rings is 1. The fraction of sp³-hybridized carbons (Fsp3) is 0.571. The summed E-state index contributed by atoms with van der Waals surface area (Å²) in [5.74, 6) is 0.0481. The Kier molecular flexibility index (Phi) is 5.00. The fourth-order valence-electron chi connectivity index (χ4n) is 2.42. The number of amides is 3. The van der Waals surface area contributed by atoms with E-state index < -0.39 is 0 Å². The van der Waals surface area contributed by atoms with Gasteiger partial charge in [-0.2, -0.15) is 0 Å². The third kappa shape index (κ3) is 3.72. The van der Waals surface area contributed by atoms with Crippen LogP contribution in [0.2, 0.25) is 0 Å². The molecule has 5 nitrogen and oxygen atoms in total. The number of nitrogens with zero attached hydrogens (tertiary/aromatic N) is 2. The van der Waals surface area contributed by atoms with E-state index in [9.17, 15) is 9.59 Å². The van der Waals surface area contributed by atoms with E-state index in [0.29, 0.717) is 13.1 Å². The highest BCUT2D eigenvalue weighted by atomic mass is 32.1. The monoisotopic (exact) mass is 295 g/mol. The Morgan fingerprint density at radius 3 is 2.95 bits per heavy atom. The number of hydrogen-bond acceptors (Lipinski definition) is 3. The first-order chi connectivity index (χ1) is 9.58. The van der Waals surface area contributed by atoms with Crippen molar-refractivity contribution in [3.63, 3.8) is 0 Å². The van der Waals surface area contributed by atoms with Gasteiger partial charge in [-0.15, -0.1) is 11.3 Å². The van der Waals surface area contributed by atoms with E-state index in [1.807, 2.05) is 17.5 Å². The third-order valence-corrected chi connectivity index (χ3v) is 4.37. The maximum absolute atomic E-state index is 12.1. The molecule has 2 rings (SSSR count). The molecule has 1 aromatic rings. The zero-order chi connectivity index (χ0) is 14.5. The second kappa shape index (κ2) is 6.74. The Bertz CT molecular complexity index is 459. The van der Waals surface area contributed by atoms with Crippen LogP contribution >= 0.6 is 11.3 Å². The Hall–Kier alpha value is -1.56. The van der Waals surface area contributed by atoms with Crippen LogP contribution in [0.5, 0.6) is 0 Å². The van der Waals surface area contributed by atoms with Crippen molar-refractivity contribution in [2.75, 3.05) is 27.2 Å². The van der Waals surface area contributed by atoms with Gasteiger partial charge in [0.1, 0.15) is 0 Å². The van der Waals surface area contributed by atoms with E-state index in [4.69, 9.17) is 0 Å². The first-order valence-electron chi connectivity index (χ1n) is 6.84. The molecule has 1 unspecified atom stereocenters. The van der Waals surface area contributed by atoms with Gasteiger partial charge in [0.25, 0.3) is 0 Å². The Morgan fingerprint density at radius 2 is 2.30 bits per heavy atom. The van der Waals surface area contributed by atoms with Crippen molar-refractivity contribution in [1.82, 2.24) is 15.1 Å². The van der Waals surface area contributed by atoms with Gasteiger partial charge in [0.2, 0.25) is 5.91 Å². The van der Waals surface area contributed by atoms with Crippen LogP contribution in [0.25, 0.3) is 0 Å². The normalized spacial score (nSPS) is 18.7. The summed E-state index contributed by atoms with van der Waals surface area (Å²) in [5.41, 5.74) is 0. The summed E-state index contributed by atoms with van der Waals surface area (Å²) in [5, 5.41) is 4.91. The van der Waals surface area contributed by atoms with Gasteiger partial charge in [-0.3, -0.25) is 4.79 Å². The van der Waals surface area contributed by atoms with Crippen LogP contribution in [0, 0.1) is 5.92 Å². The molecule has 1 atom stereocenters. The maximum atomic E-state index is 12.1. The van der Waals surface area contributed by atoms with E-state index in [2.05, 4.69) is 5.32 Å². The maximum Gasteiger partial charge on any atom is 0.317 e. The van der Waals surface area contributed by atoms with Gasteiger partial charge >= 0.3 is 6.03 Å². The molecule has 0 spiro atoms. The van der Waals surface area contributed by atoms with Gasteiger partial charge in [-0.1, -0.05) is 6.07 Å². The molecule has 0 bridgehead atoms. The second-order valence-electron chi connectivity index (χ2n) is 5.26. The van der Waals surface area contributed by atoms with Crippen LogP contribution in [0.3, 0.4) is 0 Å². The summed E-state index contributed by atoms with van der Waals surface area (Å²) >= 11 is 1.63. The highest BCUT2D eigenvalue weighted by molar-refractivity contribution is 7.09. The zero-order valence-corrected chi connectivity index (χ0v) is 12.8. The SMILES string of the molecule is CN(C)C(=O)C1CCCN(C(=O)NCc2cccs2)C1. The lowest BCUT2D eigenvalue weighted by molar-refractivity contribution is -0.134. The number of carbonyl (C=O) groups is 2. The van der Waals surface area contributed by atoms with Crippen molar-refractivity contribution in [3.8, 4) is 0 Å². The topological polar surface area (TPSA) is 52.7 Å². The minimum Gasteiger partial charge on any atom is -0.349 e. The molecule has 20 heavy (non-hydrogen) atoms. The third-order valence-electron chi connectivity index (χ3n) is 3.49. The molecule has 3 amide bonds. The minimum atomic E-state index is -0.0744. The molecule has 1 N–H and O–H groups in total. The molecule has 0 radical (unpaired) electrons. The highest BCUT2D eigenvalue weighted by Gasteiger charge is 2.29. The van der Waals surface area contributed by atoms with E-state index in [-0.39, 0.29) is 17.9 Å². The van der Waals surface area contributed by atoms with E-state index in [1.165, 1.54) is 0 Å². The molecule has 0 aliphatic carbocycles. The molecule has 6 heteroatoms. The number of urea groups is 1. The number of nitrogens with one attached hydrogen (secondary N) is 1. The van der Waals surface area contributed by atoms with Gasteiger partial charge in [-0.05, 0) is 24.3 Å². The molecule has 1 aliphatic heterocycles. The quantitative estimate of drug-likeness (QED) is 0.924. The van der Waals surface area contributed by atoms with Crippen LogP contribution in [0.15, 0.2) is 17.5 Å². The van der Waals surface area contributed by atoms with Crippen LogP contribution in [0.1, 0.15) is 17.7 Å². The van der Waals surface area contributed by atoms with Crippen LogP contribution in [-0.4, -0.2) is 48.9 Å². The standard InChI is InChI=1S/C14H21N3O2S/c1-16(2)13(18)11-5-3-7-17(10-11)14(19)15-9-12-6-4-8-20-12/h4,6,8,11H,3,5,7,9-10H2,1-2H3,(H,15,19). The van der Waals surface area contributed by atoms with Crippen LogP contribution in [0.4, 0.5) is 4.79 Å². The van der Waals surface area contributed by atoms with Crippen molar-refractivity contribution in [1.29, 1.82) is 0 Å². The van der Waals surface area contributed by atoms with Gasteiger partial charge in [0, 0.05) is 32.1 Å². The Labute approximate surface area is 123 Å². The minimum absolute atomic E-state index is 0.0637. The van der Waals surface area contributed by atoms with Crippen molar-refractivity contribution in [2.24, 2.45) is 5.92 Å². The molecule has 110 valence electrons. The summed E-state index contributed by atoms with van der Waals surface area (Å²) in [6.07, 6.45) is 1.75. The molecule has 1 saturated heterocycles. The largest absolute Gasteiger partial charge is 0.349 e. The molecule has 1 aromatic heterocycles. The average molecular weight is 295 g/mol. The number of rotatable bonds is 3. The summed E-state index contributed by atoms with van der Waals surface area (Å²) in [4.78, 5) is 28.6. The van der Waals surface area contributed by atoms with Crippen LogP contribution in [-0.2, 0) is 11.3 Å². The summed E-state index contributed by atoms with van der Waals surface area (Å²) in [6.45, 7) is 1.81. The molecule has 2 heterocycles. The average Bonchev–Trinajstić information content (AvgIpc) is 2.97. The van der Waals surface area contributed by atoms with Gasteiger partial charge in [0.05, 0.1) is 12.5 Å². The molecule has 0 aromatic carbocycles. The molecule has 0 saturated carbocycles. The van der Waals surface area contributed by atoms with Gasteiger partial charge in [0.15, 0.2) is 0 Å². The first kappa shape index (κ1) is 14.8. The lowest BCUT2D eigenvalue weighted by Crippen LogP contribution is -2.48. The van der Waals surface area contributed by atoms with Crippen molar-refractivity contribution in [3.05, 3.63) is 22.4 Å². The smallest absolute Gasteiger partial charge is 0.317 e. The lowest BCUT2D eigenvalue weighted by atomic mass is 9.97. The summed E-state index contributed by atoms with van der Waals surface area (Å²) < 4.78 is 0. The number of likely N-dealkylation sites (tertiary alicyclic amines) is 1. The predicted molar refractivity (Wildman–Crippen MR) is 79.5 cm³/mol. The molecule has 1 aliphatic rings. The Balaban J connectivity index is 1.85. The second-order valence-corrected chi connectivity index (χ2v) is 6.29.